The fraction of sp³-hybridized carbons (Fsp3) is 0.400. The average molecular weight is 362 g/mol. The molecular weight excluding hydrogens is 340 g/mol. The van der Waals surface area contributed by atoms with E-state index in [0.29, 0.717) is 29.4 Å². The lowest BCUT2D eigenvalue weighted by molar-refractivity contribution is 0.0766. The number of likely N-dealkylation sites (tertiary alicyclic amines) is 1. The molecule has 3 aromatic rings. The number of piperidine rings is 1. The summed E-state index contributed by atoms with van der Waals surface area (Å²) in [4.78, 5) is 14.7. The number of hydrogen-bond donors (Lipinski definition) is 1. The fourth-order valence-corrected chi connectivity index (χ4v) is 4.24. The van der Waals surface area contributed by atoms with Crippen molar-refractivity contribution in [3.05, 3.63) is 59.9 Å². The number of nitrogens with one attached hydrogen (secondary N) is 1. The summed E-state index contributed by atoms with van der Waals surface area (Å²) in [6, 6.07) is 12.0. The summed E-state index contributed by atoms with van der Waals surface area (Å²) in [5.74, 6) is 2.66. The van der Waals surface area contributed by atoms with Gasteiger partial charge in [0.25, 0.3) is 5.91 Å². The lowest BCUT2D eigenvalue weighted by Gasteiger charge is -2.18. The minimum absolute atomic E-state index is 0.0219. The van der Waals surface area contributed by atoms with Crippen molar-refractivity contribution in [1.29, 1.82) is 0 Å². The maximum atomic E-state index is 12.7. The number of nitrogens with zero attached hydrogens (tertiary/aromatic N) is 5. The highest BCUT2D eigenvalue weighted by Crippen LogP contribution is 2.57. The zero-order valence-electron chi connectivity index (χ0n) is 15.4. The van der Waals surface area contributed by atoms with Crippen LogP contribution < -0.4 is 0 Å². The standard InChI is InChI=1S/C20H22N6O/c1-12(2)16-8-17(23-22-16)20(27)25-9-14-15(10-25)18(14)19-24-21-11-26(19)13-6-4-3-5-7-13/h3-8,11-12,14-15,18H,9-10H2,1-2H3,(H,22,23)/t14-,15+,18?. The van der Waals surface area contributed by atoms with Crippen molar-refractivity contribution in [2.75, 3.05) is 13.1 Å². The first-order chi connectivity index (χ1) is 13.1. The Morgan fingerprint density at radius 2 is 1.93 bits per heavy atom. The van der Waals surface area contributed by atoms with Gasteiger partial charge in [0, 0.05) is 30.4 Å². The molecule has 2 aromatic heterocycles. The average Bonchev–Trinajstić information content (AvgIpc) is 3.21. The summed E-state index contributed by atoms with van der Waals surface area (Å²) in [6.45, 7) is 5.69. The van der Waals surface area contributed by atoms with Gasteiger partial charge in [-0.05, 0) is 36.0 Å². The number of benzene rings is 1. The summed E-state index contributed by atoms with van der Waals surface area (Å²) < 4.78 is 2.07. The molecule has 3 heterocycles. The molecule has 0 spiro atoms. The lowest BCUT2D eigenvalue weighted by atomic mass is 10.1. The van der Waals surface area contributed by atoms with Crippen molar-refractivity contribution >= 4 is 5.91 Å². The van der Waals surface area contributed by atoms with Gasteiger partial charge in [0.15, 0.2) is 0 Å². The number of amides is 1. The van der Waals surface area contributed by atoms with Gasteiger partial charge < -0.3 is 4.90 Å². The third-order valence-electron chi connectivity index (χ3n) is 5.83. The Morgan fingerprint density at radius 1 is 1.19 bits per heavy atom. The molecule has 5 rings (SSSR count). The number of carbonyl (C=O) groups is 1. The van der Waals surface area contributed by atoms with Crippen LogP contribution in [-0.2, 0) is 0 Å². The molecule has 2 fully saturated rings. The van der Waals surface area contributed by atoms with Crippen LogP contribution in [0.25, 0.3) is 5.69 Å². The molecule has 1 aliphatic carbocycles. The molecule has 0 bridgehead atoms. The van der Waals surface area contributed by atoms with Gasteiger partial charge in [-0.1, -0.05) is 32.0 Å². The van der Waals surface area contributed by atoms with Crippen LogP contribution in [-0.4, -0.2) is 48.9 Å². The van der Waals surface area contributed by atoms with E-state index in [1.165, 1.54) is 0 Å². The van der Waals surface area contributed by atoms with E-state index in [4.69, 9.17) is 0 Å². The van der Waals surface area contributed by atoms with Gasteiger partial charge in [0.05, 0.1) is 0 Å². The molecule has 0 radical (unpaired) electrons. The van der Waals surface area contributed by atoms with Gasteiger partial charge in [0.2, 0.25) is 0 Å². The first-order valence-corrected chi connectivity index (χ1v) is 9.43. The number of hydrogen-bond acceptors (Lipinski definition) is 4. The van der Waals surface area contributed by atoms with E-state index in [1.54, 1.807) is 6.33 Å². The van der Waals surface area contributed by atoms with Gasteiger partial charge >= 0.3 is 0 Å². The van der Waals surface area contributed by atoms with Crippen LogP contribution in [0.3, 0.4) is 0 Å². The first-order valence-electron chi connectivity index (χ1n) is 9.43. The minimum atomic E-state index is 0.0219. The fourth-order valence-electron chi connectivity index (χ4n) is 4.24. The van der Waals surface area contributed by atoms with Crippen LogP contribution in [0.1, 0.15) is 47.7 Å². The lowest BCUT2D eigenvalue weighted by Crippen LogP contribution is -2.31. The molecule has 1 aromatic carbocycles. The largest absolute Gasteiger partial charge is 0.337 e. The summed E-state index contributed by atoms with van der Waals surface area (Å²) in [5, 5.41) is 15.7. The van der Waals surface area contributed by atoms with Gasteiger partial charge in [-0.2, -0.15) is 5.10 Å². The van der Waals surface area contributed by atoms with Crippen LogP contribution in [0.4, 0.5) is 0 Å². The Bertz CT molecular complexity index is 963. The van der Waals surface area contributed by atoms with Crippen LogP contribution in [0.15, 0.2) is 42.7 Å². The van der Waals surface area contributed by atoms with E-state index < -0.39 is 0 Å². The van der Waals surface area contributed by atoms with Crippen molar-refractivity contribution in [1.82, 2.24) is 29.9 Å². The minimum Gasteiger partial charge on any atom is -0.337 e. The molecule has 27 heavy (non-hydrogen) atoms. The van der Waals surface area contributed by atoms with Crippen molar-refractivity contribution < 1.29 is 4.79 Å². The summed E-state index contributed by atoms with van der Waals surface area (Å²) in [7, 11) is 0. The number of para-hydroxylation sites is 1. The summed E-state index contributed by atoms with van der Waals surface area (Å²) >= 11 is 0. The van der Waals surface area contributed by atoms with Crippen molar-refractivity contribution in [2.45, 2.75) is 25.7 Å². The van der Waals surface area contributed by atoms with Crippen molar-refractivity contribution in [2.24, 2.45) is 11.8 Å². The van der Waals surface area contributed by atoms with Gasteiger partial charge in [0.1, 0.15) is 17.8 Å². The summed E-state index contributed by atoms with van der Waals surface area (Å²) in [6.07, 6.45) is 1.78. The number of carbonyl (C=O) groups excluding carboxylic acids is 1. The number of aromatic amines is 1. The highest BCUT2D eigenvalue weighted by atomic mass is 16.2. The molecule has 3 atom stereocenters. The SMILES string of the molecule is CC(C)c1cc(C(=O)N2C[C@@H]3C(c4nncn4-c4ccccc4)[C@@H]3C2)n[nH]1. The number of rotatable bonds is 4. The molecule has 2 aliphatic rings. The Balaban J connectivity index is 1.29. The van der Waals surface area contributed by atoms with E-state index in [-0.39, 0.29) is 5.91 Å². The number of fused-ring (bicyclic) bond motifs is 1. The third kappa shape index (κ3) is 2.65. The van der Waals surface area contributed by atoms with Gasteiger partial charge in [-0.25, -0.2) is 0 Å². The highest BCUT2D eigenvalue weighted by molar-refractivity contribution is 5.92. The molecule has 7 nitrogen and oxygen atoms in total. The third-order valence-corrected chi connectivity index (χ3v) is 5.83. The second-order valence-corrected chi connectivity index (χ2v) is 7.82. The summed E-state index contributed by atoms with van der Waals surface area (Å²) in [5.41, 5.74) is 2.59. The molecule has 1 aliphatic heterocycles. The van der Waals surface area contributed by atoms with Crippen LogP contribution in [0.2, 0.25) is 0 Å². The Kier molecular flexibility index (Phi) is 3.63. The van der Waals surface area contributed by atoms with Crippen LogP contribution >= 0.6 is 0 Å². The number of aromatic nitrogens is 5. The van der Waals surface area contributed by atoms with E-state index in [2.05, 4.69) is 50.9 Å². The van der Waals surface area contributed by atoms with Crippen molar-refractivity contribution in [3.8, 4) is 5.69 Å². The van der Waals surface area contributed by atoms with E-state index in [1.807, 2.05) is 29.2 Å². The normalized spacial score (nSPS) is 23.7. The maximum absolute atomic E-state index is 12.7. The Morgan fingerprint density at radius 3 is 2.59 bits per heavy atom. The first kappa shape index (κ1) is 16.2. The molecule has 1 saturated carbocycles. The molecular formula is C20H22N6O. The second-order valence-electron chi connectivity index (χ2n) is 7.82. The molecule has 1 unspecified atom stereocenters. The molecule has 1 saturated heterocycles. The molecule has 7 heteroatoms. The van der Waals surface area contributed by atoms with E-state index >= 15 is 0 Å². The zero-order valence-corrected chi connectivity index (χ0v) is 15.4. The van der Waals surface area contributed by atoms with Gasteiger partial charge in [-0.15, -0.1) is 10.2 Å². The highest BCUT2D eigenvalue weighted by Gasteiger charge is 2.59. The topological polar surface area (TPSA) is 79.7 Å². The predicted molar refractivity (Wildman–Crippen MR) is 99.7 cm³/mol. The quantitative estimate of drug-likeness (QED) is 0.774. The second kappa shape index (κ2) is 6.04. The van der Waals surface area contributed by atoms with Crippen LogP contribution in [0, 0.1) is 11.8 Å². The monoisotopic (exact) mass is 362 g/mol. The maximum Gasteiger partial charge on any atom is 0.274 e. The van der Waals surface area contributed by atoms with E-state index in [9.17, 15) is 4.79 Å². The van der Waals surface area contributed by atoms with Crippen LogP contribution in [0.5, 0.6) is 0 Å². The number of H-pyrrole nitrogens is 1. The smallest absolute Gasteiger partial charge is 0.274 e. The zero-order chi connectivity index (χ0) is 18.5. The molecule has 1 amide bonds. The Labute approximate surface area is 157 Å². The molecule has 138 valence electrons. The van der Waals surface area contributed by atoms with Gasteiger partial charge in [-0.3, -0.25) is 14.5 Å². The predicted octanol–water partition coefficient (Wildman–Crippen LogP) is 2.60. The van der Waals surface area contributed by atoms with Crippen molar-refractivity contribution in [3.63, 3.8) is 0 Å². The van der Waals surface area contributed by atoms with E-state index in [0.717, 1.165) is 30.3 Å². The Hall–Kier alpha value is -2.96. The molecule has 1 N–H and O–H groups in total.